The number of benzene rings is 2. The van der Waals surface area contributed by atoms with Crippen molar-refractivity contribution in [3.8, 4) is 5.75 Å². The lowest BCUT2D eigenvalue weighted by Gasteiger charge is -2.32. The molecule has 4 nitrogen and oxygen atoms in total. The molecule has 5 heteroatoms. The van der Waals surface area contributed by atoms with E-state index in [0.717, 1.165) is 42.2 Å². The minimum absolute atomic E-state index is 0.0734. The molecule has 3 rings (SSSR count). The van der Waals surface area contributed by atoms with Crippen LogP contribution in [0.2, 0.25) is 0 Å². The van der Waals surface area contributed by atoms with Crippen molar-refractivity contribution in [1.82, 2.24) is 4.31 Å². The maximum atomic E-state index is 13.0. The van der Waals surface area contributed by atoms with Crippen molar-refractivity contribution >= 4 is 20.8 Å². The van der Waals surface area contributed by atoms with Gasteiger partial charge in [0.15, 0.2) is 0 Å². The largest absolute Gasteiger partial charge is 0.494 e. The third-order valence-corrected chi connectivity index (χ3v) is 6.61. The molecule has 1 fully saturated rings. The summed E-state index contributed by atoms with van der Waals surface area (Å²) in [7, 11) is -3.42. The summed E-state index contributed by atoms with van der Waals surface area (Å²) in [6.45, 7) is 5.37. The van der Waals surface area contributed by atoms with Gasteiger partial charge in [0.2, 0.25) is 10.0 Å². The lowest BCUT2D eigenvalue weighted by Crippen LogP contribution is -2.41. The summed E-state index contributed by atoms with van der Waals surface area (Å²) in [5, 5.41) is 1.92. The monoisotopic (exact) mass is 347 g/mol. The SMILES string of the molecule is CCCOc1ccc2cc(S(=O)(=O)N3CCCCC3C)ccc2c1. The van der Waals surface area contributed by atoms with E-state index in [2.05, 4.69) is 6.92 Å². The first kappa shape index (κ1) is 17.2. The van der Waals surface area contributed by atoms with Gasteiger partial charge in [-0.05, 0) is 61.2 Å². The Labute approximate surface area is 144 Å². The third kappa shape index (κ3) is 3.42. The van der Waals surface area contributed by atoms with Crippen molar-refractivity contribution in [2.24, 2.45) is 0 Å². The van der Waals surface area contributed by atoms with Crippen LogP contribution in [0.1, 0.15) is 39.5 Å². The maximum absolute atomic E-state index is 13.0. The first-order valence-corrected chi connectivity index (χ1v) is 10.1. The highest BCUT2D eigenvalue weighted by molar-refractivity contribution is 7.89. The van der Waals surface area contributed by atoms with Crippen molar-refractivity contribution < 1.29 is 13.2 Å². The molecule has 0 radical (unpaired) electrons. The standard InChI is InChI=1S/C19H25NO3S/c1-3-12-23-18-9-7-17-14-19(10-8-16(17)13-18)24(21,22)20-11-5-4-6-15(20)2/h7-10,13-15H,3-6,11-12H2,1-2H3. The molecule has 0 bridgehead atoms. The molecule has 130 valence electrons. The summed E-state index contributed by atoms with van der Waals surface area (Å²) in [4.78, 5) is 0.381. The number of ether oxygens (including phenoxy) is 1. The number of rotatable bonds is 5. The van der Waals surface area contributed by atoms with E-state index >= 15 is 0 Å². The van der Waals surface area contributed by atoms with Gasteiger partial charge in [0.05, 0.1) is 11.5 Å². The highest BCUT2D eigenvalue weighted by atomic mass is 32.2. The summed E-state index contributed by atoms with van der Waals surface area (Å²) < 4.78 is 33.2. The molecular formula is C19H25NO3S. The summed E-state index contributed by atoms with van der Waals surface area (Å²) in [5.41, 5.74) is 0. The summed E-state index contributed by atoms with van der Waals surface area (Å²) in [6.07, 6.45) is 3.94. The van der Waals surface area contributed by atoms with Gasteiger partial charge >= 0.3 is 0 Å². The number of sulfonamides is 1. The van der Waals surface area contributed by atoms with Crippen molar-refractivity contribution in [3.05, 3.63) is 36.4 Å². The Morgan fingerprint density at radius 3 is 2.62 bits per heavy atom. The summed E-state index contributed by atoms with van der Waals surface area (Å²) in [6, 6.07) is 11.2. The van der Waals surface area contributed by atoms with Crippen LogP contribution in [0.3, 0.4) is 0 Å². The van der Waals surface area contributed by atoms with Gasteiger partial charge in [0, 0.05) is 12.6 Å². The van der Waals surface area contributed by atoms with Gasteiger partial charge < -0.3 is 4.74 Å². The van der Waals surface area contributed by atoms with Crippen LogP contribution in [0, 0.1) is 0 Å². The second-order valence-corrected chi connectivity index (χ2v) is 8.37. The van der Waals surface area contributed by atoms with Gasteiger partial charge in [-0.2, -0.15) is 4.31 Å². The van der Waals surface area contributed by atoms with Gasteiger partial charge in [-0.1, -0.05) is 25.5 Å². The normalized spacial score (nSPS) is 19.5. The Balaban J connectivity index is 1.92. The Bertz CT molecular complexity index is 816. The van der Waals surface area contributed by atoms with Gasteiger partial charge in [0.25, 0.3) is 0 Å². The van der Waals surface area contributed by atoms with Gasteiger partial charge in [-0.15, -0.1) is 0 Å². The fourth-order valence-electron chi connectivity index (χ4n) is 3.24. The molecule has 1 unspecified atom stereocenters. The quantitative estimate of drug-likeness (QED) is 0.815. The second-order valence-electron chi connectivity index (χ2n) is 6.48. The van der Waals surface area contributed by atoms with E-state index in [4.69, 9.17) is 4.74 Å². The number of hydrogen-bond acceptors (Lipinski definition) is 3. The minimum atomic E-state index is -3.42. The van der Waals surface area contributed by atoms with Crippen LogP contribution in [-0.4, -0.2) is 31.9 Å². The number of nitrogens with zero attached hydrogens (tertiary/aromatic N) is 1. The Kier molecular flexibility index (Phi) is 5.11. The average molecular weight is 347 g/mol. The molecule has 0 spiro atoms. The average Bonchev–Trinajstić information content (AvgIpc) is 2.59. The van der Waals surface area contributed by atoms with Crippen LogP contribution in [0.5, 0.6) is 5.75 Å². The number of hydrogen-bond donors (Lipinski definition) is 0. The predicted octanol–water partition coefficient (Wildman–Crippen LogP) is 4.19. The lowest BCUT2D eigenvalue weighted by atomic mass is 10.1. The Morgan fingerprint density at radius 2 is 1.88 bits per heavy atom. The van der Waals surface area contributed by atoms with Crippen molar-refractivity contribution in [3.63, 3.8) is 0 Å². The number of fused-ring (bicyclic) bond motifs is 1. The first-order chi connectivity index (χ1) is 11.5. The molecule has 0 saturated carbocycles. The van der Waals surface area contributed by atoms with Crippen LogP contribution >= 0.6 is 0 Å². The topological polar surface area (TPSA) is 46.6 Å². The summed E-state index contributed by atoms with van der Waals surface area (Å²) >= 11 is 0. The lowest BCUT2D eigenvalue weighted by molar-refractivity contribution is 0.268. The molecule has 0 N–H and O–H groups in total. The Hall–Kier alpha value is -1.59. The van der Waals surface area contributed by atoms with E-state index in [1.54, 1.807) is 16.4 Å². The Morgan fingerprint density at radius 1 is 1.12 bits per heavy atom. The smallest absolute Gasteiger partial charge is 0.243 e. The van der Waals surface area contributed by atoms with Crippen LogP contribution < -0.4 is 4.74 Å². The minimum Gasteiger partial charge on any atom is -0.494 e. The highest BCUT2D eigenvalue weighted by Gasteiger charge is 2.30. The van der Waals surface area contributed by atoms with Gasteiger partial charge in [-0.25, -0.2) is 8.42 Å². The van der Waals surface area contributed by atoms with Crippen molar-refractivity contribution in [2.75, 3.05) is 13.2 Å². The zero-order valence-electron chi connectivity index (χ0n) is 14.4. The molecule has 0 amide bonds. The van der Waals surface area contributed by atoms with Crippen molar-refractivity contribution in [1.29, 1.82) is 0 Å². The predicted molar refractivity (Wildman–Crippen MR) is 96.9 cm³/mol. The van der Waals surface area contributed by atoms with Crippen molar-refractivity contribution in [2.45, 2.75) is 50.5 Å². The molecular weight excluding hydrogens is 322 g/mol. The second kappa shape index (κ2) is 7.11. The third-order valence-electron chi connectivity index (χ3n) is 4.60. The van der Waals surface area contributed by atoms with Crippen LogP contribution in [0.25, 0.3) is 10.8 Å². The fourth-order valence-corrected chi connectivity index (χ4v) is 4.97. The van der Waals surface area contributed by atoms with Crippen LogP contribution in [-0.2, 0) is 10.0 Å². The first-order valence-electron chi connectivity index (χ1n) is 8.71. The molecule has 1 atom stereocenters. The van der Waals surface area contributed by atoms with Gasteiger partial charge in [-0.3, -0.25) is 0 Å². The molecule has 1 aliphatic rings. The van der Waals surface area contributed by atoms with Crippen LogP contribution in [0.4, 0.5) is 0 Å². The van der Waals surface area contributed by atoms with E-state index in [0.29, 0.717) is 18.0 Å². The molecule has 2 aromatic carbocycles. The van der Waals surface area contributed by atoms with Gasteiger partial charge in [0.1, 0.15) is 5.75 Å². The zero-order valence-corrected chi connectivity index (χ0v) is 15.2. The van der Waals surface area contributed by atoms with E-state index in [1.165, 1.54) is 0 Å². The van der Waals surface area contributed by atoms with E-state index in [1.807, 2.05) is 31.2 Å². The fraction of sp³-hybridized carbons (Fsp3) is 0.474. The van der Waals surface area contributed by atoms with E-state index in [-0.39, 0.29) is 6.04 Å². The van der Waals surface area contributed by atoms with E-state index < -0.39 is 10.0 Å². The van der Waals surface area contributed by atoms with E-state index in [9.17, 15) is 8.42 Å². The molecule has 2 aromatic rings. The molecule has 1 aliphatic heterocycles. The summed E-state index contributed by atoms with van der Waals surface area (Å²) in [5.74, 6) is 0.824. The molecule has 24 heavy (non-hydrogen) atoms. The van der Waals surface area contributed by atoms with Crippen LogP contribution in [0.15, 0.2) is 41.3 Å². The molecule has 1 heterocycles. The zero-order chi connectivity index (χ0) is 17.2. The molecule has 1 saturated heterocycles. The maximum Gasteiger partial charge on any atom is 0.243 e. The highest BCUT2D eigenvalue weighted by Crippen LogP contribution is 2.28. The molecule has 0 aliphatic carbocycles. The number of piperidine rings is 1. The molecule has 0 aromatic heterocycles.